The Hall–Kier alpha value is -2.54. The highest BCUT2D eigenvalue weighted by molar-refractivity contribution is 6.33. The van der Waals surface area contributed by atoms with Gasteiger partial charge in [-0.15, -0.1) is 0 Å². The predicted octanol–water partition coefficient (Wildman–Crippen LogP) is 7.04. The number of carbonyl (C=O) groups is 2. The normalized spacial score (nSPS) is 14.6. The van der Waals surface area contributed by atoms with Crippen molar-refractivity contribution < 1.29 is 27.9 Å². The number of nitrogens with one attached hydrogen (secondary N) is 1. The molecule has 3 atom stereocenters. The first-order chi connectivity index (χ1) is 15.3. The molecule has 2 aromatic carbocycles. The zero-order valence-corrected chi connectivity index (χ0v) is 19.8. The van der Waals surface area contributed by atoms with Crippen LogP contribution in [0.2, 0.25) is 5.02 Å². The minimum absolute atomic E-state index is 0.0130. The first-order valence-electron chi connectivity index (χ1n) is 10.8. The molecule has 0 radical (unpaired) electrons. The maximum Gasteiger partial charge on any atom is 0.392 e. The number of hydrogen-bond donors (Lipinski definition) is 2. The first-order valence-corrected chi connectivity index (χ1v) is 11.2. The lowest BCUT2D eigenvalue weighted by Gasteiger charge is -2.26. The van der Waals surface area contributed by atoms with Crippen molar-refractivity contribution in [3.05, 3.63) is 64.2 Å². The fourth-order valence-corrected chi connectivity index (χ4v) is 3.99. The number of benzene rings is 2. The van der Waals surface area contributed by atoms with Crippen LogP contribution in [-0.4, -0.2) is 23.2 Å². The number of aryl methyl sites for hydroxylation is 1. The number of alkyl halides is 3. The smallest absolute Gasteiger partial charge is 0.392 e. The summed E-state index contributed by atoms with van der Waals surface area (Å²) in [7, 11) is 0. The van der Waals surface area contributed by atoms with Gasteiger partial charge in [-0.05, 0) is 47.1 Å². The Labute approximate surface area is 197 Å². The van der Waals surface area contributed by atoms with Gasteiger partial charge in [0.15, 0.2) is 0 Å². The van der Waals surface area contributed by atoms with Crippen LogP contribution in [0.5, 0.6) is 0 Å². The summed E-state index contributed by atoms with van der Waals surface area (Å²) in [6, 6.07) is 11.3. The van der Waals surface area contributed by atoms with E-state index in [1.54, 1.807) is 36.4 Å². The summed E-state index contributed by atoms with van der Waals surface area (Å²) >= 11 is 6.24. The number of amides is 1. The first kappa shape index (κ1) is 26.7. The number of anilines is 1. The minimum Gasteiger partial charge on any atom is -0.481 e. The van der Waals surface area contributed by atoms with E-state index in [1.807, 2.05) is 20.8 Å². The molecule has 0 spiro atoms. The maximum absolute atomic E-state index is 13.6. The van der Waals surface area contributed by atoms with E-state index in [4.69, 9.17) is 11.6 Å². The van der Waals surface area contributed by atoms with Gasteiger partial charge in [-0.3, -0.25) is 9.59 Å². The molecule has 0 saturated heterocycles. The van der Waals surface area contributed by atoms with E-state index in [9.17, 15) is 27.9 Å². The van der Waals surface area contributed by atoms with Gasteiger partial charge in [-0.1, -0.05) is 69.6 Å². The molecule has 0 fully saturated rings. The molecule has 1 amide bonds. The van der Waals surface area contributed by atoms with Gasteiger partial charge in [0.25, 0.3) is 0 Å². The highest BCUT2D eigenvalue weighted by Crippen LogP contribution is 2.39. The molecular weight excluding hydrogens is 455 g/mol. The van der Waals surface area contributed by atoms with Gasteiger partial charge in [0.2, 0.25) is 5.91 Å². The van der Waals surface area contributed by atoms with Gasteiger partial charge in [-0.25, -0.2) is 0 Å². The molecule has 2 N–H and O–H groups in total. The van der Waals surface area contributed by atoms with Gasteiger partial charge in [0.05, 0.1) is 29.0 Å². The van der Waals surface area contributed by atoms with Crippen LogP contribution in [0.3, 0.4) is 0 Å². The third-order valence-electron chi connectivity index (χ3n) is 5.92. The number of carboxylic acids is 1. The highest BCUT2D eigenvalue weighted by Gasteiger charge is 2.45. The summed E-state index contributed by atoms with van der Waals surface area (Å²) in [6.45, 7) is 6.67. The second-order valence-corrected chi connectivity index (χ2v) is 8.99. The zero-order valence-electron chi connectivity index (χ0n) is 19.0. The Morgan fingerprint density at radius 1 is 1.03 bits per heavy atom. The molecule has 0 heterocycles. The van der Waals surface area contributed by atoms with Crippen LogP contribution in [-0.2, 0) is 16.0 Å². The Morgan fingerprint density at radius 2 is 1.61 bits per heavy atom. The van der Waals surface area contributed by atoms with E-state index >= 15 is 0 Å². The van der Waals surface area contributed by atoms with Crippen LogP contribution in [0.15, 0.2) is 42.5 Å². The van der Waals surface area contributed by atoms with E-state index in [0.717, 1.165) is 18.9 Å². The summed E-state index contributed by atoms with van der Waals surface area (Å²) in [5.41, 5.74) is 2.00. The number of rotatable bonds is 9. The molecule has 8 heteroatoms. The number of halogens is 4. The SMILES string of the molecule is CCc1ccc(C(C(=O)Nc2cc(C(CC(=O)O)C(C)C)ccc2Cl)C(C)C(F)(F)F)cc1. The summed E-state index contributed by atoms with van der Waals surface area (Å²) in [4.78, 5) is 24.4. The van der Waals surface area contributed by atoms with Crippen molar-refractivity contribution in [3.63, 3.8) is 0 Å². The van der Waals surface area contributed by atoms with Crippen molar-refractivity contribution in [1.82, 2.24) is 0 Å². The van der Waals surface area contributed by atoms with E-state index in [1.165, 1.54) is 6.07 Å². The largest absolute Gasteiger partial charge is 0.481 e. The molecule has 2 rings (SSSR count). The van der Waals surface area contributed by atoms with Crippen LogP contribution < -0.4 is 5.32 Å². The van der Waals surface area contributed by atoms with E-state index < -0.39 is 29.9 Å². The van der Waals surface area contributed by atoms with Gasteiger partial charge in [0.1, 0.15) is 0 Å². The van der Waals surface area contributed by atoms with Gasteiger partial charge < -0.3 is 10.4 Å². The zero-order chi connectivity index (χ0) is 24.9. The van der Waals surface area contributed by atoms with Crippen molar-refractivity contribution in [2.75, 3.05) is 5.32 Å². The molecule has 180 valence electrons. The molecule has 0 saturated carbocycles. The van der Waals surface area contributed by atoms with E-state index in [2.05, 4.69) is 5.32 Å². The summed E-state index contributed by atoms with van der Waals surface area (Å²) in [6.07, 6.45) is -3.98. The van der Waals surface area contributed by atoms with Crippen LogP contribution in [0.1, 0.15) is 62.6 Å². The summed E-state index contributed by atoms with van der Waals surface area (Å²) < 4.78 is 40.9. The van der Waals surface area contributed by atoms with Crippen molar-refractivity contribution in [2.24, 2.45) is 11.8 Å². The lowest BCUT2D eigenvalue weighted by atomic mass is 9.84. The van der Waals surface area contributed by atoms with Crippen LogP contribution in [0.25, 0.3) is 0 Å². The van der Waals surface area contributed by atoms with E-state index in [-0.39, 0.29) is 34.5 Å². The molecule has 0 bridgehead atoms. The highest BCUT2D eigenvalue weighted by atomic mass is 35.5. The summed E-state index contributed by atoms with van der Waals surface area (Å²) in [5, 5.41) is 12.0. The molecule has 0 aliphatic rings. The Kier molecular flexibility index (Phi) is 8.95. The van der Waals surface area contributed by atoms with E-state index in [0.29, 0.717) is 5.56 Å². The second-order valence-electron chi connectivity index (χ2n) is 8.58. The van der Waals surface area contributed by atoms with Gasteiger partial charge in [0, 0.05) is 0 Å². The molecular formula is C25H29ClF3NO3. The van der Waals surface area contributed by atoms with Crippen molar-refractivity contribution in [2.45, 2.75) is 58.5 Å². The van der Waals surface area contributed by atoms with Gasteiger partial charge >= 0.3 is 12.1 Å². The lowest BCUT2D eigenvalue weighted by molar-refractivity contribution is -0.178. The number of carboxylic acid groups (broad SMARTS) is 1. The third kappa shape index (κ3) is 6.97. The van der Waals surface area contributed by atoms with Crippen LogP contribution >= 0.6 is 11.6 Å². The Bertz CT molecular complexity index is 974. The molecule has 4 nitrogen and oxygen atoms in total. The van der Waals surface area contributed by atoms with Crippen molar-refractivity contribution in [1.29, 1.82) is 0 Å². The molecule has 0 aliphatic carbocycles. The monoisotopic (exact) mass is 483 g/mol. The maximum atomic E-state index is 13.6. The standard InChI is InChI=1S/C25H29ClF3NO3/c1-5-16-6-8-17(9-7-16)23(15(4)25(27,28)29)24(33)30-21-12-18(10-11-20(21)26)19(14(2)3)13-22(31)32/h6-12,14-15,19,23H,5,13H2,1-4H3,(H,30,33)(H,31,32). The van der Waals surface area contributed by atoms with Gasteiger partial charge in [-0.2, -0.15) is 13.2 Å². The molecule has 33 heavy (non-hydrogen) atoms. The average molecular weight is 484 g/mol. The van der Waals surface area contributed by atoms with Crippen molar-refractivity contribution >= 4 is 29.2 Å². The number of hydrogen-bond acceptors (Lipinski definition) is 2. The number of aliphatic carboxylic acids is 1. The number of carbonyl (C=O) groups excluding carboxylic acids is 1. The van der Waals surface area contributed by atoms with Crippen LogP contribution in [0.4, 0.5) is 18.9 Å². The topological polar surface area (TPSA) is 66.4 Å². The van der Waals surface area contributed by atoms with Crippen molar-refractivity contribution in [3.8, 4) is 0 Å². The lowest BCUT2D eigenvalue weighted by Crippen LogP contribution is -2.34. The third-order valence-corrected chi connectivity index (χ3v) is 6.25. The quantitative estimate of drug-likeness (QED) is 0.402. The molecule has 0 aromatic heterocycles. The Balaban J connectivity index is 2.42. The fraction of sp³-hybridized carbons (Fsp3) is 0.440. The second kappa shape index (κ2) is 11.1. The molecule has 3 unspecified atom stereocenters. The minimum atomic E-state index is -4.58. The Morgan fingerprint density at radius 3 is 2.09 bits per heavy atom. The fourth-order valence-electron chi connectivity index (χ4n) is 3.82. The molecule has 0 aliphatic heterocycles. The summed E-state index contributed by atoms with van der Waals surface area (Å²) in [5.74, 6) is -5.56. The average Bonchev–Trinajstić information content (AvgIpc) is 2.73. The molecule has 2 aromatic rings. The predicted molar refractivity (Wildman–Crippen MR) is 124 cm³/mol. The van der Waals surface area contributed by atoms with Crippen LogP contribution in [0, 0.1) is 11.8 Å².